The first kappa shape index (κ1) is 17.9. The van der Waals surface area contributed by atoms with Crippen LogP contribution in [0.5, 0.6) is 0 Å². The Kier molecular flexibility index (Phi) is 4.54. The summed E-state index contributed by atoms with van der Waals surface area (Å²) in [5, 5.41) is 8.64. The summed E-state index contributed by atoms with van der Waals surface area (Å²) < 4.78 is 7.69. The number of rotatable bonds is 4. The SMILES string of the molecule is CC(C(=O)Nc1ccc2ncc(-c3cc4ccccc4o3)n2n1)C1CCCCC1. The Bertz CT molecular complexity index is 1140. The summed E-state index contributed by atoms with van der Waals surface area (Å²) in [5.41, 5.74) is 2.29. The maximum atomic E-state index is 12.8. The van der Waals surface area contributed by atoms with Gasteiger partial charge in [-0.05, 0) is 43.0 Å². The van der Waals surface area contributed by atoms with E-state index in [1.165, 1.54) is 19.3 Å². The summed E-state index contributed by atoms with van der Waals surface area (Å²) in [6.45, 7) is 2.03. The molecule has 0 radical (unpaired) electrons. The number of imidazole rings is 1. The van der Waals surface area contributed by atoms with Crippen molar-refractivity contribution < 1.29 is 9.21 Å². The van der Waals surface area contributed by atoms with Gasteiger partial charge in [-0.15, -0.1) is 5.10 Å². The van der Waals surface area contributed by atoms with Gasteiger partial charge in [0.05, 0.1) is 6.20 Å². The number of para-hydroxylation sites is 1. The molecule has 1 saturated carbocycles. The van der Waals surface area contributed by atoms with Crippen molar-refractivity contribution in [2.75, 3.05) is 5.32 Å². The molecular weight excluding hydrogens is 364 g/mol. The van der Waals surface area contributed by atoms with E-state index in [9.17, 15) is 4.79 Å². The smallest absolute Gasteiger partial charge is 0.228 e. The summed E-state index contributed by atoms with van der Waals surface area (Å²) in [7, 11) is 0. The zero-order valence-electron chi connectivity index (χ0n) is 16.5. The molecular formula is C23H24N4O2. The summed E-state index contributed by atoms with van der Waals surface area (Å²) >= 11 is 0. The summed E-state index contributed by atoms with van der Waals surface area (Å²) in [4.78, 5) is 17.2. The topological polar surface area (TPSA) is 72.4 Å². The highest BCUT2D eigenvalue weighted by Crippen LogP contribution is 2.31. The van der Waals surface area contributed by atoms with Crippen LogP contribution in [-0.2, 0) is 4.79 Å². The van der Waals surface area contributed by atoms with Gasteiger partial charge < -0.3 is 9.73 Å². The Hall–Kier alpha value is -3.15. The number of carbonyl (C=O) groups excluding carboxylic acids is 1. The molecule has 0 saturated heterocycles. The second kappa shape index (κ2) is 7.35. The van der Waals surface area contributed by atoms with Gasteiger partial charge >= 0.3 is 0 Å². The third kappa shape index (κ3) is 3.39. The van der Waals surface area contributed by atoms with E-state index in [4.69, 9.17) is 4.42 Å². The fourth-order valence-corrected chi connectivity index (χ4v) is 4.30. The van der Waals surface area contributed by atoms with Crippen molar-refractivity contribution in [1.29, 1.82) is 0 Å². The molecule has 5 rings (SSSR count). The van der Waals surface area contributed by atoms with Crippen molar-refractivity contribution in [3.05, 3.63) is 48.7 Å². The van der Waals surface area contributed by atoms with Crippen molar-refractivity contribution in [2.45, 2.75) is 39.0 Å². The van der Waals surface area contributed by atoms with E-state index in [-0.39, 0.29) is 11.8 Å². The van der Waals surface area contributed by atoms with Gasteiger partial charge in [0.1, 0.15) is 11.3 Å². The van der Waals surface area contributed by atoms with E-state index in [0.717, 1.165) is 29.5 Å². The number of carbonyl (C=O) groups is 1. The van der Waals surface area contributed by atoms with Crippen LogP contribution in [-0.4, -0.2) is 20.5 Å². The molecule has 1 amide bonds. The molecule has 1 aliphatic rings. The third-order valence-corrected chi connectivity index (χ3v) is 6.06. The van der Waals surface area contributed by atoms with Crippen LogP contribution in [0, 0.1) is 11.8 Å². The summed E-state index contributed by atoms with van der Waals surface area (Å²) in [6, 6.07) is 13.5. The lowest BCUT2D eigenvalue weighted by molar-refractivity contribution is -0.121. The van der Waals surface area contributed by atoms with Crippen molar-refractivity contribution in [3.63, 3.8) is 0 Å². The van der Waals surface area contributed by atoms with Crippen molar-refractivity contribution in [1.82, 2.24) is 14.6 Å². The predicted octanol–water partition coefficient (Wildman–Crippen LogP) is 5.30. The van der Waals surface area contributed by atoms with Crippen LogP contribution >= 0.6 is 0 Å². The van der Waals surface area contributed by atoms with Gasteiger partial charge in [0.15, 0.2) is 17.2 Å². The Morgan fingerprint density at radius 2 is 2.00 bits per heavy atom. The van der Waals surface area contributed by atoms with Crippen molar-refractivity contribution >= 4 is 28.3 Å². The first-order valence-corrected chi connectivity index (χ1v) is 10.3. The average Bonchev–Trinajstić information content (AvgIpc) is 3.37. The largest absolute Gasteiger partial charge is 0.454 e. The minimum atomic E-state index is -0.00886. The van der Waals surface area contributed by atoms with Gasteiger partial charge in [0.2, 0.25) is 5.91 Å². The molecule has 6 heteroatoms. The normalized spacial score (nSPS) is 16.3. The van der Waals surface area contributed by atoms with Gasteiger partial charge in [-0.1, -0.05) is 44.4 Å². The van der Waals surface area contributed by atoms with E-state index < -0.39 is 0 Å². The van der Waals surface area contributed by atoms with E-state index in [2.05, 4.69) is 15.4 Å². The molecule has 29 heavy (non-hydrogen) atoms. The summed E-state index contributed by atoms with van der Waals surface area (Å²) in [5.74, 6) is 1.72. The summed E-state index contributed by atoms with van der Waals surface area (Å²) in [6.07, 6.45) is 7.76. The standard InChI is InChI=1S/C23H24N4O2/c1-15(16-7-3-2-4-8-16)23(28)25-21-11-12-22-24-14-18(27(22)26-21)20-13-17-9-5-6-10-19(17)29-20/h5-6,9-16H,2-4,7-8H2,1H3,(H,25,26,28). The number of nitrogens with one attached hydrogen (secondary N) is 1. The molecule has 0 aliphatic heterocycles. The number of nitrogens with zero attached hydrogens (tertiary/aromatic N) is 3. The molecule has 1 aromatic carbocycles. The van der Waals surface area contributed by atoms with Crippen LogP contribution in [0.25, 0.3) is 28.1 Å². The van der Waals surface area contributed by atoms with Crippen molar-refractivity contribution in [3.8, 4) is 11.5 Å². The second-order valence-corrected chi connectivity index (χ2v) is 7.96. The molecule has 1 fully saturated rings. The highest BCUT2D eigenvalue weighted by Gasteiger charge is 2.26. The molecule has 3 heterocycles. The zero-order valence-corrected chi connectivity index (χ0v) is 16.5. The molecule has 4 aromatic rings. The monoisotopic (exact) mass is 388 g/mol. The highest BCUT2D eigenvalue weighted by atomic mass is 16.3. The number of fused-ring (bicyclic) bond motifs is 2. The van der Waals surface area contributed by atoms with Crippen LogP contribution in [0.1, 0.15) is 39.0 Å². The lowest BCUT2D eigenvalue weighted by Crippen LogP contribution is -2.28. The van der Waals surface area contributed by atoms with Crippen LogP contribution < -0.4 is 5.32 Å². The molecule has 6 nitrogen and oxygen atoms in total. The Balaban J connectivity index is 1.42. The van der Waals surface area contributed by atoms with Gasteiger partial charge in [0.25, 0.3) is 0 Å². The molecule has 0 bridgehead atoms. The Labute approximate surface area is 168 Å². The third-order valence-electron chi connectivity index (χ3n) is 6.06. The first-order chi connectivity index (χ1) is 14.2. The Morgan fingerprint density at radius 1 is 1.17 bits per heavy atom. The van der Waals surface area contributed by atoms with E-state index in [1.54, 1.807) is 16.8 Å². The number of furan rings is 1. The molecule has 0 spiro atoms. The number of hydrogen-bond donors (Lipinski definition) is 1. The van der Waals surface area contributed by atoms with E-state index >= 15 is 0 Å². The maximum absolute atomic E-state index is 12.8. The number of amides is 1. The first-order valence-electron chi connectivity index (χ1n) is 10.3. The molecule has 1 unspecified atom stereocenters. The van der Waals surface area contributed by atoms with Crippen LogP contribution in [0.15, 0.2) is 53.1 Å². The van der Waals surface area contributed by atoms with Crippen molar-refractivity contribution in [2.24, 2.45) is 11.8 Å². The van der Waals surface area contributed by atoms with Gasteiger partial charge in [-0.3, -0.25) is 4.79 Å². The molecule has 3 aromatic heterocycles. The number of hydrogen-bond acceptors (Lipinski definition) is 4. The van der Waals surface area contributed by atoms with Crippen LogP contribution in [0.2, 0.25) is 0 Å². The lowest BCUT2D eigenvalue weighted by Gasteiger charge is -2.26. The minimum Gasteiger partial charge on any atom is -0.454 e. The number of aromatic nitrogens is 3. The average molecular weight is 388 g/mol. The quantitative estimate of drug-likeness (QED) is 0.515. The lowest BCUT2D eigenvalue weighted by atomic mass is 9.80. The molecule has 148 valence electrons. The van der Waals surface area contributed by atoms with E-state index in [1.807, 2.05) is 43.3 Å². The zero-order chi connectivity index (χ0) is 19.8. The maximum Gasteiger partial charge on any atom is 0.228 e. The number of benzene rings is 1. The van der Waals surface area contributed by atoms with Gasteiger partial charge in [0, 0.05) is 11.3 Å². The fourth-order valence-electron chi connectivity index (χ4n) is 4.30. The highest BCUT2D eigenvalue weighted by molar-refractivity contribution is 5.91. The van der Waals surface area contributed by atoms with Crippen LogP contribution in [0.3, 0.4) is 0 Å². The van der Waals surface area contributed by atoms with Gasteiger partial charge in [-0.25, -0.2) is 9.50 Å². The second-order valence-electron chi connectivity index (χ2n) is 7.96. The Morgan fingerprint density at radius 3 is 2.83 bits per heavy atom. The minimum absolute atomic E-state index is 0.00886. The fraction of sp³-hybridized carbons (Fsp3) is 0.348. The number of anilines is 1. The van der Waals surface area contributed by atoms with E-state index in [0.29, 0.717) is 23.1 Å². The molecule has 1 N–H and O–H groups in total. The predicted molar refractivity (Wildman–Crippen MR) is 113 cm³/mol. The van der Waals surface area contributed by atoms with Crippen LogP contribution in [0.4, 0.5) is 5.82 Å². The van der Waals surface area contributed by atoms with Gasteiger partial charge in [-0.2, -0.15) is 0 Å². The molecule has 1 aliphatic carbocycles. The molecule has 1 atom stereocenters.